The van der Waals surface area contributed by atoms with Gasteiger partial charge in [0.05, 0.1) is 10.7 Å². The first kappa shape index (κ1) is 11.7. The van der Waals surface area contributed by atoms with Crippen molar-refractivity contribution in [2.45, 2.75) is 6.36 Å². The lowest BCUT2D eigenvalue weighted by atomic mass is 10.3. The average molecular weight is 285 g/mol. The van der Waals surface area contributed by atoms with Crippen LogP contribution in [0.4, 0.5) is 17.6 Å². The lowest BCUT2D eigenvalue weighted by Crippen LogP contribution is -2.18. The predicted octanol–water partition coefficient (Wildman–Crippen LogP) is 2.75. The Kier molecular flexibility index (Phi) is 3.14. The van der Waals surface area contributed by atoms with Gasteiger partial charge in [-0.15, -0.1) is 13.2 Å². The second kappa shape index (κ2) is 4.02. The molecule has 0 amide bonds. The van der Waals surface area contributed by atoms with Crippen molar-refractivity contribution in [2.24, 2.45) is 0 Å². The summed E-state index contributed by atoms with van der Waals surface area (Å²) in [7, 11) is 0. The Morgan fingerprint density at radius 3 is 2.53 bits per heavy atom. The van der Waals surface area contributed by atoms with Crippen LogP contribution in [0.5, 0.6) is 5.75 Å². The third-order valence-electron chi connectivity index (χ3n) is 1.25. The molecule has 0 spiro atoms. The first-order valence-corrected chi connectivity index (χ1v) is 4.14. The van der Waals surface area contributed by atoms with Crippen molar-refractivity contribution < 1.29 is 22.3 Å². The molecule has 0 radical (unpaired) electrons. The van der Waals surface area contributed by atoms with Gasteiger partial charge < -0.3 is 4.74 Å². The molecular weight excluding hydrogens is 284 g/mol. The second-order valence-corrected chi connectivity index (χ2v) is 3.05. The molecule has 80 valence electrons. The lowest BCUT2D eigenvalue weighted by Gasteiger charge is -2.11. The highest BCUT2D eigenvalue weighted by atomic mass is 79.9. The first-order valence-electron chi connectivity index (χ1n) is 3.35. The molecule has 1 aromatic heterocycles. The standard InChI is InChI=1S/C7HBrF4N2O/c8-5-4(1-13)14-2-3(9)6(5)15-7(10,11)12/h2H. The third-order valence-corrected chi connectivity index (χ3v) is 1.99. The maximum atomic E-state index is 12.9. The zero-order chi connectivity index (χ0) is 11.6. The van der Waals surface area contributed by atoms with Gasteiger partial charge in [-0.1, -0.05) is 0 Å². The summed E-state index contributed by atoms with van der Waals surface area (Å²) < 4.78 is 51.3. The number of aromatic nitrogens is 1. The molecular formula is C7HBrF4N2O. The highest BCUT2D eigenvalue weighted by Crippen LogP contribution is 2.33. The van der Waals surface area contributed by atoms with E-state index in [0.717, 1.165) is 0 Å². The van der Waals surface area contributed by atoms with Gasteiger partial charge in [0.15, 0.2) is 17.3 Å². The second-order valence-electron chi connectivity index (χ2n) is 2.26. The number of halogens is 5. The number of nitrogens with zero attached hydrogens (tertiary/aromatic N) is 2. The van der Waals surface area contributed by atoms with Crippen molar-refractivity contribution in [3.8, 4) is 11.8 Å². The molecule has 1 heterocycles. The number of pyridine rings is 1. The van der Waals surface area contributed by atoms with E-state index in [1.54, 1.807) is 0 Å². The van der Waals surface area contributed by atoms with Gasteiger partial charge >= 0.3 is 6.36 Å². The Hall–Kier alpha value is -1.36. The molecule has 0 aliphatic carbocycles. The molecule has 0 atom stereocenters. The molecule has 0 N–H and O–H groups in total. The number of hydrogen-bond donors (Lipinski definition) is 0. The van der Waals surface area contributed by atoms with E-state index in [9.17, 15) is 17.6 Å². The molecule has 0 saturated heterocycles. The minimum absolute atomic E-state index is 0.393. The van der Waals surface area contributed by atoms with E-state index in [1.165, 1.54) is 6.07 Å². The summed E-state index contributed by atoms with van der Waals surface area (Å²) in [6.07, 6.45) is -4.55. The fraction of sp³-hybridized carbons (Fsp3) is 0.143. The van der Waals surface area contributed by atoms with Crippen molar-refractivity contribution >= 4 is 15.9 Å². The lowest BCUT2D eigenvalue weighted by molar-refractivity contribution is -0.275. The molecule has 15 heavy (non-hydrogen) atoms. The van der Waals surface area contributed by atoms with Gasteiger partial charge in [-0.3, -0.25) is 0 Å². The van der Waals surface area contributed by atoms with E-state index < -0.39 is 28.1 Å². The Morgan fingerprint density at radius 2 is 2.07 bits per heavy atom. The summed E-state index contributed by atoms with van der Waals surface area (Å²) in [4.78, 5) is 3.26. The molecule has 8 heteroatoms. The summed E-state index contributed by atoms with van der Waals surface area (Å²) in [6, 6.07) is 1.48. The summed E-state index contributed by atoms with van der Waals surface area (Å²) >= 11 is 2.59. The minimum atomic E-state index is -5.03. The van der Waals surface area contributed by atoms with Crippen LogP contribution in [0.3, 0.4) is 0 Å². The molecule has 1 rings (SSSR count). The van der Waals surface area contributed by atoms with Crippen LogP contribution < -0.4 is 4.74 Å². The van der Waals surface area contributed by atoms with Crippen molar-refractivity contribution in [1.29, 1.82) is 5.26 Å². The average Bonchev–Trinajstić information content (AvgIpc) is 2.11. The van der Waals surface area contributed by atoms with Gasteiger partial charge in [0, 0.05) is 0 Å². The van der Waals surface area contributed by atoms with E-state index in [2.05, 4.69) is 25.7 Å². The highest BCUT2D eigenvalue weighted by molar-refractivity contribution is 9.10. The molecule has 0 fully saturated rings. The predicted molar refractivity (Wildman–Crippen MR) is 43.3 cm³/mol. The topological polar surface area (TPSA) is 45.9 Å². The van der Waals surface area contributed by atoms with Crippen LogP contribution in [-0.2, 0) is 0 Å². The van der Waals surface area contributed by atoms with Crippen LogP contribution in [0, 0.1) is 17.1 Å². The number of nitriles is 1. The zero-order valence-corrected chi connectivity index (χ0v) is 8.36. The SMILES string of the molecule is N#Cc1ncc(F)c(OC(F)(F)F)c1Br. The summed E-state index contributed by atoms with van der Waals surface area (Å²) in [5.41, 5.74) is -0.393. The molecule has 1 aromatic rings. The van der Waals surface area contributed by atoms with E-state index in [-0.39, 0.29) is 0 Å². The monoisotopic (exact) mass is 284 g/mol. The van der Waals surface area contributed by atoms with E-state index >= 15 is 0 Å². The van der Waals surface area contributed by atoms with Crippen LogP contribution in [0.25, 0.3) is 0 Å². The van der Waals surface area contributed by atoms with Crippen molar-refractivity contribution in [3.05, 3.63) is 22.2 Å². The highest BCUT2D eigenvalue weighted by Gasteiger charge is 2.34. The normalized spacial score (nSPS) is 10.9. The number of hydrogen-bond acceptors (Lipinski definition) is 3. The Bertz CT molecular complexity index is 426. The quantitative estimate of drug-likeness (QED) is 0.745. The van der Waals surface area contributed by atoms with Gasteiger partial charge in [0.1, 0.15) is 6.07 Å². The smallest absolute Gasteiger partial charge is 0.401 e. The molecule has 0 aliphatic rings. The Morgan fingerprint density at radius 1 is 1.47 bits per heavy atom. The van der Waals surface area contributed by atoms with Crippen LogP contribution >= 0.6 is 15.9 Å². The van der Waals surface area contributed by atoms with Crippen LogP contribution in [0.15, 0.2) is 10.7 Å². The van der Waals surface area contributed by atoms with Gasteiger partial charge in [0.25, 0.3) is 0 Å². The first-order chi connectivity index (χ1) is 6.85. The summed E-state index contributed by atoms with van der Waals surface area (Å²) in [5.74, 6) is -2.41. The Balaban J connectivity index is 3.23. The maximum Gasteiger partial charge on any atom is 0.573 e. The molecule has 0 bridgehead atoms. The molecule has 0 aromatic carbocycles. The molecule has 0 unspecified atom stereocenters. The molecule has 3 nitrogen and oxygen atoms in total. The van der Waals surface area contributed by atoms with Crippen LogP contribution in [-0.4, -0.2) is 11.3 Å². The minimum Gasteiger partial charge on any atom is -0.401 e. The number of alkyl halides is 3. The fourth-order valence-corrected chi connectivity index (χ4v) is 1.20. The van der Waals surface area contributed by atoms with Gasteiger partial charge in [-0.2, -0.15) is 5.26 Å². The van der Waals surface area contributed by atoms with Gasteiger partial charge in [0.2, 0.25) is 0 Å². The summed E-state index contributed by atoms with van der Waals surface area (Å²) in [5, 5.41) is 8.43. The largest absolute Gasteiger partial charge is 0.573 e. The van der Waals surface area contributed by atoms with E-state index in [0.29, 0.717) is 6.20 Å². The van der Waals surface area contributed by atoms with Crippen molar-refractivity contribution in [1.82, 2.24) is 4.98 Å². The number of rotatable bonds is 1. The Labute approximate surface area is 89.4 Å². The summed E-state index contributed by atoms with van der Waals surface area (Å²) in [6.45, 7) is 0. The van der Waals surface area contributed by atoms with Gasteiger partial charge in [-0.05, 0) is 15.9 Å². The van der Waals surface area contributed by atoms with E-state index in [1.807, 2.05) is 0 Å². The van der Waals surface area contributed by atoms with Crippen molar-refractivity contribution in [2.75, 3.05) is 0 Å². The third kappa shape index (κ3) is 2.79. The van der Waals surface area contributed by atoms with E-state index in [4.69, 9.17) is 5.26 Å². The van der Waals surface area contributed by atoms with Crippen LogP contribution in [0.2, 0.25) is 0 Å². The molecule has 0 aliphatic heterocycles. The van der Waals surface area contributed by atoms with Crippen LogP contribution in [0.1, 0.15) is 5.69 Å². The zero-order valence-electron chi connectivity index (χ0n) is 6.77. The van der Waals surface area contributed by atoms with Gasteiger partial charge in [-0.25, -0.2) is 9.37 Å². The fourth-order valence-electron chi connectivity index (χ4n) is 0.736. The van der Waals surface area contributed by atoms with Crippen molar-refractivity contribution in [3.63, 3.8) is 0 Å². The maximum absolute atomic E-state index is 12.9. The molecule has 0 saturated carbocycles. The number of ether oxygens (including phenoxy) is 1.